The van der Waals surface area contributed by atoms with Crippen molar-refractivity contribution in [2.45, 2.75) is 51.5 Å². The minimum atomic E-state index is 0.0613. The number of rotatable bonds is 8. The Balaban J connectivity index is 1.74. The van der Waals surface area contributed by atoms with Gasteiger partial charge in [-0.2, -0.15) is 0 Å². The lowest BCUT2D eigenvalue weighted by Gasteiger charge is -2.29. The zero-order chi connectivity index (χ0) is 20.9. The van der Waals surface area contributed by atoms with Gasteiger partial charge in [0.05, 0.1) is 5.70 Å². The maximum atomic E-state index is 13.0. The number of pyridine rings is 1. The number of hydrogen-bond donors (Lipinski definition) is 2. The Hall–Kier alpha value is -3.08. The van der Waals surface area contributed by atoms with Crippen molar-refractivity contribution in [2.75, 3.05) is 7.05 Å². The van der Waals surface area contributed by atoms with Crippen LogP contribution in [0.3, 0.4) is 0 Å². The first kappa shape index (κ1) is 20.2. The lowest BCUT2D eigenvalue weighted by Crippen LogP contribution is -2.24. The Bertz CT molecular complexity index is 1100. The average molecular weight is 403 g/mol. The Morgan fingerprint density at radius 2 is 2.03 bits per heavy atom. The zero-order valence-corrected chi connectivity index (χ0v) is 17.8. The van der Waals surface area contributed by atoms with Gasteiger partial charge in [0.2, 0.25) is 0 Å². The van der Waals surface area contributed by atoms with Crippen LogP contribution in [-0.4, -0.2) is 16.4 Å². The number of hydrogen-bond acceptors (Lipinski definition) is 4. The summed E-state index contributed by atoms with van der Waals surface area (Å²) in [6.45, 7) is 2.85. The molecule has 2 aromatic heterocycles. The fourth-order valence-electron chi connectivity index (χ4n) is 4.13. The van der Waals surface area contributed by atoms with Gasteiger partial charge in [-0.15, -0.1) is 0 Å². The molecule has 4 rings (SSSR count). The second-order valence-electron chi connectivity index (χ2n) is 7.98. The number of fused-ring (bicyclic) bond motifs is 1. The molecule has 5 heteroatoms. The van der Waals surface area contributed by atoms with E-state index in [0.717, 1.165) is 54.7 Å². The monoisotopic (exact) mass is 402 g/mol. The van der Waals surface area contributed by atoms with E-state index in [0.29, 0.717) is 5.92 Å². The van der Waals surface area contributed by atoms with Crippen LogP contribution in [0.25, 0.3) is 11.3 Å². The number of nitrogens with zero attached hydrogens (tertiary/aromatic N) is 2. The highest BCUT2D eigenvalue weighted by Crippen LogP contribution is 2.40. The van der Waals surface area contributed by atoms with Crippen molar-refractivity contribution in [1.82, 2.24) is 20.0 Å². The van der Waals surface area contributed by atoms with E-state index in [1.807, 2.05) is 37.6 Å². The predicted octanol–water partition coefficient (Wildman–Crippen LogP) is 4.22. The summed E-state index contributed by atoms with van der Waals surface area (Å²) in [4.78, 5) is 17.7. The summed E-state index contributed by atoms with van der Waals surface area (Å²) in [5.41, 5.74) is 6.21. The fourth-order valence-corrected chi connectivity index (χ4v) is 4.13. The minimum absolute atomic E-state index is 0.0613. The van der Waals surface area contributed by atoms with E-state index in [-0.39, 0.29) is 5.56 Å². The number of nitrogens with one attached hydrogen (secondary N) is 2. The van der Waals surface area contributed by atoms with Crippen molar-refractivity contribution in [2.24, 2.45) is 0 Å². The van der Waals surface area contributed by atoms with Crippen LogP contribution >= 0.6 is 0 Å². The van der Waals surface area contributed by atoms with Crippen molar-refractivity contribution in [1.29, 1.82) is 0 Å². The van der Waals surface area contributed by atoms with Gasteiger partial charge in [0.25, 0.3) is 5.56 Å². The molecule has 1 aliphatic carbocycles. The van der Waals surface area contributed by atoms with Crippen LogP contribution in [0.15, 0.2) is 59.8 Å². The van der Waals surface area contributed by atoms with E-state index in [1.54, 1.807) is 10.6 Å². The molecule has 0 spiro atoms. The summed E-state index contributed by atoms with van der Waals surface area (Å²) < 4.78 is 1.74. The van der Waals surface area contributed by atoms with Gasteiger partial charge in [-0.05, 0) is 36.8 Å². The first-order valence-electron chi connectivity index (χ1n) is 10.9. The highest BCUT2D eigenvalue weighted by Gasteiger charge is 2.27. The Morgan fingerprint density at radius 3 is 2.70 bits per heavy atom. The van der Waals surface area contributed by atoms with Crippen molar-refractivity contribution in [3.8, 4) is 0 Å². The van der Waals surface area contributed by atoms with Gasteiger partial charge < -0.3 is 10.6 Å². The van der Waals surface area contributed by atoms with E-state index in [9.17, 15) is 4.79 Å². The summed E-state index contributed by atoms with van der Waals surface area (Å²) >= 11 is 0. The SMILES string of the molecule is CCCc1cnc2c(C3CCC3)c(/C(=C/NCc3ccccc3)NC)ccn2c1=O. The molecule has 0 atom stereocenters. The van der Waals surface area contributed by atoms with Crippen molar-refractivity contribution in [3.63, 3.8) is 0 Å². The molecule has 1 aromatic carbocycles. The third-order valence-corrected chi connectivity index (χ3v) is 5.97. The standard InChI is InChI=1S/C25H30N4O/c1-3-8-20-16-28-24-23(19-11-7-12-19)21(13-14-29(24)25(20)30)22(26-2)17-27-15-18-9-5-4-6-10-18/h4-6,9-10,13-14,16-17,19,26-27H,3,7-8,11-12,15H2,1-2H3/b22-17-. The highest BCUT2D eigenvalue weighted by atomic mass is 16.1. The predicted molar refractivity (Wildman–Crippen MR) is 122 cm³/mol. The molecular weight excluding hydrogens is 372 g/mol. The van der Waals surface area contributed by atoms with Gasteiger partial charge >= 0.3 is 0 Å². The molecule has 0 amide bonds. The van der Waals surface area contributed by atoms with E-state index in [4.69, 9.17) is 4.98 Å². The van der Waals surface area contributed by atoms with Crippen molar-refractivity contribution >= 4 is 11.3 Å². The van der Waals surface area contributed by atoms with E-state index >= 15 is 0 Å². The number of aryl methyl sites for hydroxylation is 1. The van der Waals surface area contributed by atoms with Crippen LogP contribution in [0.2, 0.25) is 0 Å². The first-order valence-corrected chi connectivity index (χ1v) is 10.9. The maximum absolute atomic E-state index is 13.0. The molecule has 0 aliphatic heterocycles. The lowest BCUT2D eigenvalue weighted by molar-refractivity contribution is 0.419. The largest absolute Gasteiger partial charge is 0.386 e. The fraction of sp³-hybridized carbons (Fsp3) is 0.360. The molecular formula is C25H30N4O. The Morgan fingerprint density at radius 1 is 1.23 bits per heavy atom. The van der Waals surface area contributed by atoms with E-state index < -0.39 is 0 Å². The summed E-state index contributed by atoms with van der Waals surface area (Å²) in [6, 6.07) is 12.4. The van der Waals surface area contributed by atoms with Gasteiger partial charge in [0.15, 0.2) is 0 Å². The smallest absolute Gasteiger partial charge is 0.261 e. The molecule has 156 valence electrons. The molecule has 1 aliphatic rings. The Kier molecular flexibility index (Phi) is 6.17. The molecule has 30 heavy (non-hydrogen) atoms. The van der Waals surface area contributed by atoms with Crippen LogP contribution in [0.4, 0.5) is 0 Å². The topological polar surface area (TPSA) is 58.4 Å². The Labute approximate surface area is 177 Å². The van der Waals surface area contributed by atoms with Crippen LogP contribution in [-0.2, 0) is 13.0 Å². The van der Waals surface area contributed by atoms with Gasteiger partial charge in [-0.25, -0.2) is 4.98 Å². The molecule has 1 saturated carbocycles. The molecule has 0 saturated heterocycles. The molecule has 1 fully saturated rings. The highest BCUT2D eigenvalue weighted by molar-refractivity contribution is 5.72. The lowest BCUT2D eigenvalue weighted by atomic mass is 9.78. The second kappa shape index (κ2) is 9.16. The summed E-state index contributed by atoms with van der Waals surface area (Å²) in [5.74, 6) is 0.450. The molecule has 0 radical (unpaired) electrons. The van der Waals surface area contributed by atoms with Crippen molar-refractivity contribution in [3.05, 3.63) is 87.6 Å². The zero-order valence-electron chi connectivity index (χ0n) is 17.8. The summed E-state index contributed by atoms with van der Waals surface area (Å²) in [5, 5.41) is 6.77. The van der Waals surface area contributed by atoms with Gasteiger partial charge in [-0.1, -0.05) is 50.1 Å². The number of benzene rings is 1. The molecule has 0 bridgehead atoms. The van der Waals surface area contributed by atoms with Crippen LogP contribution in [0.5, 0.6) is 0 Å². The second-order valence-corrected chi connectivity index (χ2v) is 7.98. The number of aromatic nitrogens is 2. The van der Waals surface area contributed by atoms with E-state index in [2.05, 4.69) is 35.8 Å². The third kappa shape index (κ3) is 3.97. The van der Waals surface area contributed by atoms with Gasteiger partial charge in [-0.3, -0.25) is 9.20 Å². The normalized spacial score (nSPS) is 14.5. The van der Waals surface area contributed by atoms with Gasteiger partial charge in [0.1, 0.15) is 5.65 Å². The minimum Gasteiger partial charge on any atom is -0.386 e. The molecule has 2 N–H and O–H groups in total. The summed E-state index contributed by atoms with van der Waals surface area (Å²) in [7, 11) is 1.94. The molecule has 0 unspecified atom stereocenters. The summed E-state index contributed by atoms with van der Waals surface area (Å²) in [6.07, 6.45) is 10.9. The van der Waals surface area contributed by atoms with E-state index in [1.165, 1.54) is 17.5 Å². The average Bonchev–Trinajstić information content (AvgIpc) is 2.73. The first-order chi connectivity index (χ1) is 14.7. The quantitative estimate of drug-likeness (QED) is 0.592. The van der Waals surface area contributed by atoms with Crippen LogP contribution in [0.1, 0.15) is 60.8 Å². The molecule has 5 nitrogen and oxygen atoms in total. The van der Waals surface area contributed by atoms with Crippen LogP contribution in [0, 0.1) is 0 Å². The van der Waals surface area contributed by atoms with Crippen LogP contribution < -0.4 is 16.2 Å². The molecule has 2 heterocycles. The van der Waals surface area contributed by atoms with Crippen molar-refractivity contribution < 1.29 is 0 Å². The molecule has 3 aromatic rings. The third-order valence-electron chi connectivity index (χ3n) is 5.97. The van der Waals surface area contributed by atoms with Gasteiger partial charge in [0, 0.05) is 48.9 Å². The maximum Gasteiger partial charge on any atom is 0.261 e.